The fraction of sp³-hybridized carbons (Fsp3) is 0.923. The molecule has 1 N–H and O–H groups in total. The maximum atomic E-state index is 11.5. The van der Waals surface area contributed by atoms with Crippen molar-refractivity contribution in [2.45, 2.75) is 26.7 Å². The molecular formula is C13H23NO3. The molecule has 0 spiro atoms. The van der Waals surface area contributed by atoms with E-state index in [-0.39, 0.29) is 0 Å². The van der Waals surface area contributed by atoms with Crippen LogP contribution >= 0.6 is 0 Å². The van der Waals surface area contributed by atoms with Crippen molar-refractivity contribution < 1.29 is 14.6 Å². The van der Waals surface area contributed by atoms with Crippen LogP contribution in [0, 0.1) is 17.3 Å². The molecule has 2 aliphatic heterocycles. The summed E-state index contributed by atoms with van der Waals surface area (Å²) >= 11 is 0. The molecule has 0 unspecified atom stereocenters. The van der Waals surface area contributed by atoms with E-state index in [1.165, 1.54) is 0 Å². The fourth-order valence-electron chi connectivity index (χ4n) is 2.79. The molecule has 2 fully saturated rings. The summed E-state index contributed by atoms with van der Waals surface area (Å²) in [5.41, 5.74) is -0.555. The van der Waals surface area contributed by atoms with Gasteiger partial charge in [0.1, 0.15) is 0 Å². The molecule has 0 aromatic carbocycles. The standard InChI is InChI=1S/C13H23NO3/c1-10(2)11-7-14(8-11)9-13(12(15)16)3-5-17-6-4-13/h10-11H,3-9H2,1-2H3,(H,15,16). The predicted octanol–water partition coefficient (Wildman–Crippen LogP) is 1.46. The summed E-state index contributed by atoms with van der Waals surface area (Å²) in [5, 5.41) is 9.45. The number of carboxylic acid groups (broad SMARTS) is 1. The first kappa shape index (κ1) is 12.8. The minimum Gasteiger partial charge on any atom is -0.481 e. The minimum atomic E-state index is -0.645. The Kier molecular flexibility index (Phi) is 3.73. The van der Waals surface area contributed by atoms with Gasteiger partial charge in [0.2, 0.25) is 0 Å². The summed E-state index contributed by atoms with van der Waals surface area (Å²) in [6.45, 7) is 8.49. The van der Waals surface area contributed by atoms with E-state index in [2.05, 4.69) is 18.7 Å². The molecule has 0 aromatic rings. The van der Waals surface area contributed by atoms with Gasteiger partial charge in [-0.15, -0.1) is 0 Å². The molecule has 2 heterocycles. The van der Waals surface area contributed by atoms with Gasteiger partial charge < -0.3 is 14.7 Å². The third kappa shape index (κ3) is 2.63. The van der Waals surface area contributed by atoms with Crippen LogP contribution < -0.4 is 0 Å². The largest absolute Gasteiger partial charge is 0.481 e. The quantitative estimate of drug-likeness (QED) is 0.809. The summed E-state index contributed by atoms with van der Waals surface area (Å²) in [7, 11) is 0. The highest BCUT2D eigenvalue weighted by atomic mass is 16.5. The molecule has 4 nitrogen and oxygen atoms in total. The lowest BCUT2D eigenvalue weighted by Crippen LogP contribution is -2.55. The lowest BCUT2D eigenvalue weighted by Gasteiger charge is -2.46. The maximum Gasteiger partial charge on any atom is 0.311 e. The molecule has 4 heteroatoms. The predicted molar refractivity (Wildman–Crippen MR) is 64.9 cm³/mol. The number of likely N-dealkylation sites (tertiary alicyclic amines) is 1. The number of nitrogens with zero attached hydrogens (tertiary/aromatic N) is 1. The molecule has 0 radical (unpaired) electrons. The average Bonchev–Trinajstić information content (AvgIpc) is 2.23. The lowest BCUT2D eigenvalue weighted by molar-refractivity contribution is -0.158. The Morgan fingerprint density at radius 2 is 2.00 bits per heavy atom. The second kappa shape index (κ2) is 4.94. The molecule has 0 amide bonds. The normalized spacial score (nSPS) is 25.8. The van der Waals surface area contributed by atoms with E-state index in [4.69, 9.17) is 4.74 Å². The van der Waals surface area contributed by atoms with Gasteiger partial charge in [0.25, 0.3) is 0 Å². The van der Waals surface area contributed by atoms with Crippen molar-refractivity contribution in [3.63, 3.8) is 0 Å². The molecule has 2 saturated heterocycles. The zero-order chi connectivity index (χ0) is 12.5. The van der Waals surface area contributed by atoms with Gasteiger partial charge in [-0.1, -0.05) is 13.8 Å². The van der Waals surface area contributed by atoms with Crippen LogP contribution in [0.3, 0.4) is 0 Å². The molecule has 0 atom stereocenters. The first-order valence-corrected chi connectivity index (χ1v) is 6.57. The molecule has 98 valence electrons. The second-order valence-electron chi connectivity index (χ2n) is 5.90. The number of hydrogen-bond donors (Lipinski definition) is 1. The van der Waals surface area contributed by atoms with Crippen molar-refractivity contribution in [2.75, 3.05) is 32.8 Å². The van der Waals surface area contributed by atoms with Gasteiger partial charge in [0.15, 0.2) is 0 Å². The van der Waals surface area contributed by atoms with Gasteiger partial charge in [-0.2, -0.15) is 0 Å². The molecule has 0 aliphatic carbocycles. The number of carbonyl (C=O) groups is 1. The van der Waals surface area contributed by atoms with E-state index in [9.17, 15) is 9.90 Å². The smallest absolute Gasteiger partial charge is 0.311 e. The highest BCUT2D eigenvalue weighted by Crippen LogP contribution is 2.35. The van der Waals surface area contributed by atoms with Gasteiger partial charge in [-0.05, 0) is 24.7 Å². The monoisotopic (exact) mass is 241 g/mol. The second-order valence-corrected chi connectivity index (χ2v) is 5.90. The highest BCUT2D eigenvalue weighted by Gasteiger charge is 2.44. The van der Waals surface area contributed by atoms with Crippen LogP contribution in [0.15, 0.2) is 0 Å². The van der Waals surface area contributed by atoms with Crippen molar-refractivity contribution in [1.82, 2.24) is 4.90 Å². The SMILES string of the molecule is CC(C)C1CN(CC2(C(=O)O)CCOCC2)C1. The number of carboxylic acids is 1. The summed E-state index contributed by atoms with van der Waals surface area (Å²) in [6, 6.07) is 0. The van der Waals surface area contributed by atoms with Crippen LogP contribution in [0.25, 0.3) is 0 Å². The molecular weight excluding hydrogens is 218 g/mol. The summed E-state index contributed by atoms with van der Waals surface area (Å²) in [6.07, 6.45) is 1.32. The average molecular weight is 241 g/mol. The van der Waals surface area contributed by atoms with E-state index in [1.54, 1.807) is 0 Å². The van der Waals surface area contributed by atoms with Crippen LogP contribution in [0.4, 0.5) is 0 Å². The Hall–Kier alpha value is -0.610. The Morgan fingerprint density at radius 1 is 1.41 bits per heavy atom. The van der Waals surface area contributed by atoms with E-state index in [0.29, 0.717) is 38.5 Å². The third-order valence-electron chi connectivity index (χ3n) is 4.36. The zero-order valence-electron chi connectivity index (χ0n) is 10.8. The zero-order valence-corrected chi connectivity index (χ0v) is 10.8. The highest BCUT2D eigenvalue weighted by molar-refractivity contribution is 5.75. The van der Waals surface area contributed by atoms with E-state index in [1.807, 2.05) is 0 Å². The molecule has 17 heavy (non-hydrogen) atoms. The van der Waals surface area contributed by atoms with Gasteiger partial charge >= 0.3 is 5.97 Å². The number of aliphatic carboxylic acids is 1. The van der Waals surface area contributed by atoms with Crippen molar-refractivity contribution in [2.24, 2.45) is 17.3 Å². The van der Waals surface area contributed by atoms with Crippen LogP contribution in [-0.2, 0) is 9.53 Å². The molecule has 2 aliphatic rings. The third-order valence-corrected chi connectivity index (χ3v) is 4.36. The Balaban J connectivity index is 1.89. The van der Waals surface area contributed by atoms with Gasteiger partial charge in [0.05, 0.1) is 5.41 Å². The maximum absolute atomic E-state index is 11.5. The van der Waals surface area contributed by atoms with Crippen LogP contribution in [0.5, 0.6) is 0 Å². The Labute approximate surface area is 103 Å². The van der Waals surface area contributed by atoms with Crippen LogP contribution in [0.1, 0.15) is 26.7 Å². The first-order valence-electron chi connectivity index (χ1n) is 6.57. The molecule has 0 bridgehead atoms. The van der Waals surface area contributed by atoms with Gasteiger partial charge in [0, 0.05) is 32.8 Å². The first-order chi connectivity index (χ1) is 8.03. The molecule has 2 rings (SSSR count). The molecule has 0 aromatic heterocycles. The summed E-state index contributed by atoms with van der Waals surface area (Å²) in [5.74, 6) is 0.816. The Bertz CT molecular complexity index is 278. The summed E-state index contributed by atoms with van der Waals surface area (Å²) < 4.78 is 5.29. The topological polar surface area (TPSA) is 49.8 Å². The lowest BCUT2D eigenvalue weighted by atomic mass is 9.77. The molecule has 0 saturated carbocycles. The van der Waals surface area contributed by atoms with E-state index >= 15 is 0 Å². The van der Waals surface area contributed by atoms with Crippen molar-refractivity contribution in [3.05, 3.63) is 0 Å². The Morgan fingerprint density at radius 3 is 2.47 bits per heavy atom. The summed E-state index contributed by atoms with van der Waals surface area (Å²) in [4.78, 5) is 13.8. The van der Waals surface area contributed by atoms with Crippen molar-refractivity contribution in [1.29, 1.82) is 0 Å². The fourth-order valence-corrected chi connectivity index (χ4v) is 2.79. The number of hydrogen-bond acceptors (Lipinski definition) is 3. The van der Waals surface area contributed by atoms with Crippen LogP contribution in [0.2, 0.25) is 0 Å². The number of rotatable bonds is 4. The minimum absolute atomic E-state index is 0.555. The number of ether oxygens (including phenoxy) is 1. The van der Waals surface area contributed by atoms with E-state index in [0.717, 1.165) is 19.0 Å². The van der Waals surface area contributed by atoms with Crippen molar-refractivity contribution >= 4 is 5.97 Å². The van der Waals surface area contributed by atoms with Crippen molar-refractivity contribution in [3.8, 4) is 0 Å². The van der Waals surface area contributed by atoms with Crippen LogP contribution in [-0.4, -0.2) is 48.8 Å². The van der Waals surface area contributed by atoms with Gasteiger partial charge in [-0.25, -0.2) is 0 Å². The van der Waals surface area contributed by atoms with E-state index < -0.39 is 11.4 Å². The van der Waals surface area contributed by atoms with Gasteiger partial charge in [-0.3, -0.25) is 4.79 Å².